The summed E-state index contributed by atoms with van der Waals surface area (Å²) in [5.74, 6) is 0.0347. The second-order valence-electron chi connectivity index (χ2n) is 3.05. The molecule has 0 aliphatic rings. The molecule has 12 heavy (non-hydrogen) atoms. The third-order valence-corrected chi connectivity index (χ3v) is 1.48. The van der Waals surface area contributed by atoms with Gasteiger partial charge in [0, 0.05) is 0 Å². The summed E-state index contributed by atoms with van der Waals surface area (Å²) in [6.45, 7) is 7.96. The smallest absolute Gasteiger partial charge is 0.235 e. The summed E-state index contributed by atoms with van der Waals surface area (Å²) in [7, 11) is 3.71. The molecule has 0 aromatic heterocycles. The third-order valence-electron chi connectivity index (χ3n) is 1.48. The fourth-order valence-corrected chi connectivity index (χ4v) is 1.18. The van der Waals surface area contributed by atoms with Crippen molar-refractivity contribution in [1.82, 2.24) is 4.90 Å². The lowest BCUT2D eigenvalue weighted by Gasteiger charge is -2.24. The molecule has 0 aromatic rings. The van der Waals surface area contributed by atoms with Crippen LogP contribution in [0.4, 0.5) is 0 Å². The predicted octanol–water partition coefficient (Wildman–Crippen LogP) is 1.08. The number of hydrogen-bond acceptors (Lipinski definition) is 2. The zero-order valence-corrected chi connectivity index (χ0v) is 9.09. The lowest BCUT2D eigenvalue weighted by atomic mass is 10.0. The quantitative estimate of drug-likeness (QED) is 0.696. The van der Waals surface area contributed by atoms with E-state index >= 15 is 0 Å². The van der Waals surface area contributed by atoms with E-state index in [1.54, 1.807) is 0 Å². The summed E-state index contributed by atoms with van der Waals surface area (Å²) in [5.41, 5.74) is 5.16. The first kappa shape index (κ1) is 14.0. The van der Waals surface area contributed by atoms with Gasteiger partial charge in [-0.15, -0.1) is 0 Å². The fourth-order valence-electron chi connectivity index (χ4n) is 1.18. The van der Waals surface area contributed by atoms with Gasteiger partial charge in [0.1, 0.15) is 0 Å². The summed E-state index contributed by atoms with van der Waals surface area (Å²) in [6.07, 6.45) is 0. The fraction of sp³-hybridized carbons (Fsp3) is 0.889. The monoisotopic (exact) mass is 174 g/mol. The minimum atomic E-state index is -0.250. The molecular weight excluding hydrogens is 152 g/mol. The van der Waals surface area contributed by atoms with Crippen LogP contribution in [0.15, 0.2) is 0 Å². The van der Waals surface area contributed by atoms with Crippen molar-refractivity contribution in [3.8, 4) is 0 Å². The molecule has 0 spiro atoms. The minimum absolute atomic E-state index is 0.139. The maximum absolute atomic E-state index is 10.8. The molecule has 0 heterocycles. The topological polar surface area (TPSA) is 46.3 Å². The Bertz CT molecular complexity index is 114. The van der Waals surface area contributed by atoms with Crippen LogP contribution in [0.1, 0.15) is 27.7 Å². The molecule has 0 saturated carbocycles. The first-order valence-corrected chi connectivity index (χ1v) is 4.42. The largest absolute Gasteiger partial charge is 0.368 e. The van der Waals surface area contributed by atoms with Crippen LogP contribution in [0, 0.1) is 5.92 Å². The minimum Gasteiger partial charge on any atom is -0.368 e. The molecule has 1 amide bonds. The summed E-state index contributed by atoms with van der Waals surface area (Å²) in [5, 5.41) is 0. The van der Waals surface area contributed by atoms with Gasteiger partial charge in [0.05, 0.1) is 6.04 Å². The van der Waals surface area contributed by atoms with Gasteiger partial charge in [-0.2, -0.15) is 0 Å². The number of carbonyl (C=O) groups excluding carboxylic acids is 1. The Labute approximate surface area is 75.9 Å². The predicted molar refractivity (Wildman–Crippen MR) is 52.9 cm³/mol. The van der Waals surface area contributed by atoms with E-state index in [1.807, 2.05) is 46.7 Å². The highest BCUT2D eigenvalue weighted by molar-refractivity contribution is 5.80. The third kappa shape index (κ3) is 5.13. The lowest BCUT2D eigenvalue weighted by Crippen LogP contribution is -2.43. The summed E-state index contributed by atoms with van der Waals surface area (Å²) >= 11 is 0. The molecule has 0 radical (unpaired) electrons. The zero-order chi connectivity index (χ0) is 10.3. The van der Waals surface area contributed by atoms with E-state index in [0.717, 1.165) is 0 Å². The Morgan fingerprint density at radius 2 is 1.58 bits per heavy atom. The molecule has 0 aliphatic heterocycles. The number of hydrogen-bond donors (Lipinski definition) is 1. The summed E-state index contributed by atoms with van der Waals surface area (Å²) in [6, 6.07) is -0.139. The van der Waals surface area contributed by atoms with E-state index < -0.39 is 0 Å². The highest BCUT2D eigenvalue weighted by Crippen LogP contribution is 2.05. The number of likely N-dealkylation sites (N-methyl/N-ethyl adjacent to an activating group) is 1. The van der Waals surface area contributed by atoms with Crippen molar-refractivity contribution in [3.63, 3.8) is 0 Å². The van der Waals surface area contributed by atoms with Crippen molar-refractivity contribution in [3.05, 3.63) is 0 Å². The van der Waals surface area contributed by atoms with Crippen LogP contribution in [-0.2, 0) is 4.79 Å². The van der Waals surface area contributed by atoms with Crippen LogP contribution >= 0.6 is 0 Å². The number of rotatable bonds is 3. The molecule has 3 heteroatoms. The van der Waals surface area contributed by atoms with Crippen molar-refractivity contribution < 1.29 is 4.79 Å². The van der Waals surface area contributed by atoms with Gasteiger partial charge in [0.2, 0.25) is 5.91 Å². The number of nitrogens with zero attached hydrogens (tertiary/aromatic N) is 1. The molecule has 74 valence electrons. The molecule has 0 fully saturated rings. The van der Waals surface area contributed by atoms with Crippen molar-refractivity contribution in [2.24, 2.45) is 11.7 Å². The molecule has 1 atom stereocenters. The number of primary amides is 1. The van der Waals surface area contributed by atoms with Gasteiger partial charge in [-0.3, -0.25) is 9.69 Å². The Kier molecular flexibility index (Phi) is 8.27. The van der Waals surface area contributed by atoms with Crippen molar-refractivity contribution in [2.75, 3.05) is 14.1 Å². The van der Waals surface area contributed by atoms with E-state index in [4.69, 9.17) is 5.73 Å². The molecule has 3 nitrogen and oxygen atoms in total. The van der Waals surface area contributed by atoms with Gasteiger partial charge in [0.15, 0.2) is 0 Å². The van der Waals surface area contributed by atoms with Gasteiger partial charge in [0.25, 0.3) is 0 Å². The van der Waals surface area contributed by atoms with Gasteiger partial charge in [-0.1, -0.05) is 27.7 Å². The Hall–Kier alpha value is -0.570. The molecule has 0 saturated heterocycles. The van der Waals surface area contributed by atoms with Crippen LogP contribution in [0.3, 0.4) is 0 Å². The molecule has 0 rings (SSSR count). The zero-order valence-electron chi connectivity index (χ0n) is 9.09. The molecule has 0 aliphatic carbocycles. The van der Waals surface area contributed by atoms with Gasteiger partial charge in [-0.05, 0) is 20.0 Å². The normalized spacial score (nSPS) is 12.3. The van der Waals surface area contributed by atoms with Crippen molar-refractivity contribution >= 4 is 5.91 Å². The highest BCUT2D eigenvalue weighted by Gasteiger charge is 2.20. The number of amides is 1. The molecule has 0 bridgehead atoms. The molecule has 0 aromatic carbocycles. The van der Waals surface area contributed by atoms with E-state index in [9.17, 15) is 4.79 Å². The van der Waals surface area contributed by atoms with Gasteiger partial charge < -0.3 is 5.73 Å². The first-order chi connectivity index (χ1) is 5.46. The van der Waals surface area contributed by atoms with Crippen LogP contribution in [0.5, 0.6) is 0 Å². The number of nitrogens with two attached hydrogens (primary N) is 1. The molecule has 2 N–H and O–H groups in total. The maximum atomic E-state index is 10.8. The van der Waals surface area contributed by atoms with Crippen LogP contribution in [0.2, 0.25) is 0 Å². The number of carbonyl (C=O) groups is 1. The Morgan fingerprint density at radius 1 is 1.25 bits per heavy atom. The van der Waals surface area contributed by atoms with Crippen molar-refractivity contribution in [2.45, 2.75) is 33.7 Å². The molecular formula is C9H22N2O. The average Bonchev–Trinajstić information content (AvgIpc) is 1.88. The first-order valence-electron chi connectivity index (χ1n) is 4.42. The lowest BCUT2D eigenvalue weighted by molar-refractivity contribution is -0.123. The Morgan fingerprint density at radius 3 is 1.58 bits per heavy atom. The van der Waals surface area contributed by atoms with Crippen molar-refractivity contribution in [1.29, 1.82) is 0 Å². The summed E-state index contributed by atoms with van der Waals surface area (Å²) < 4.78 is 0. The van der Waals surface area contributed by atoms with Crippen LogP contribution in [-0.4, -0.2) is 30.9 Å². The standard InChI is InChI=1S/C7H16N2O.C2H6/c1-5(2)6(7(8)10)9(3)4;1-2/h5-6H,1-4H3,(H2,8,10);1-2H3. The summed E-state index contributed by atoms with van der Waals surface area (Å²) in [4.78, 5) is 12.6. The van der Waals surface area contributed by atoms with Gasteiger partial charge >= 0.3 is 0 Å². The SMILES string of the molecule is CC.CC(C)C(C(N)=O)N(C)C. The highest BCUT2D eigenvalue weighted by atomic mass is 16.1. The van der Waals surface area contributed by atoms with Crippen LogP contribution in [0.25, 0.3) is 0 Å². The Balaban J connectivity index is 0. The maximum Gasteiger partial charge on any atom is 0.235 e. The second-order valence-corrected chi connectivity index (χ2v) is 3.05. The van der Waals surface area contributed by atoms with E-state index in [0.29, 0.717) is 0 Å². The van der Waals surface area contributed by atoms with E-state index in [-0.39, 0.29) is 17.9 Å². The van der Waals surface area contributed by atoms with E-state index in [1.165, 1.54) is 0 Å². The average molecular weight is 174 g/mol. The van der Waals surface area contributed by atoms with Crippen LogP contribution < -0.4 is 5.73 Å². The molecule has 1 unspecified atom stereocenters. The van der Waals surface area contributed by atoms with Gasteiger partial charge in [-0.25, -0.2) is 0 Å². The van der Waals surface area contributed by atoms with E-state index in [2.05, 4.69) is 0 Å². The second kappa shape index (κ2) is 7.10.